The summed E-state index contributed by atoms with van der Waals surface area (Å²) in [6.07, 6.45) is 4.28. The predicted octanol–water partition coefficient (Wildman–Crippen LogP) is 1.24. The van der Waals surface area contributed by atoms with Gasteiger partial charge in [0.15, 0.2) is 0 Å². The van der Waals surface area contributed by atoms with Crippen LogP contribution in [0, 0.1) is 0 Å². The molecule has 0 aromatic heterocycles. The topological polar surface area (TPSA) is 24.5 Å². The third-order valence-electron chi connectivity index (χ3n) is 3.72. The van der Waals surface area contributed by atoms with Gasteiger partial charge >= 0.3 is 0 Å². The van der Waals surface area contributed by atoms with Gasteiger partial charge in [-0.15, -0.1) is 0 Å². The van der Waals surface area contributed by atoms with Crippen LogP contribution >= 0.6 is 0 Å². The highest BCUT2D eigenvalue weighted by Gasteiger charge is 2.29. The first-order chi connectivity index (χ1) is 7.18. The lowest BCUT2D eigenvalue weighted by Crippen LogP contribution is -2.58. The molecule has 0 bridgehead atoms. The summed E-state index contributed by atoms with van der Waals surface area (Å²) in [6.45, 7) is 10.3. The largest absolute Gasteiger partial charge is 0.378 e. The van der Waals surface area contributed by atoms with Crippen molar-refractivity contribution < 1.29 is 4.74 Å². The van der Waals surface area contributed by atoms with Gasteiger partial charge in [-0.1, -0.05) is 0 Å². The maximum absolute atomic E-state index is 5.67. The molecule has 0 aromatic carbocycles. The molecule has 2 heterocycles. The van der Waals surface area contributed by atoms with Crippen molar-refractivity contribution in [2.75, 3.05) is 32.8 Å². The summed E-state index contributed by atoms with van der Waals surface area (Å²) < 4.78 is 5.67. The molecule has 0 spiro atoms. The lowest BCUT2D eigenvalue weighted by atomic mass is 9.99. The van der Waals surface area contributed by atoms with Gasteiger partial charge < -0.3 is 10.1 Å². The van der Waals surface area contributed by atoms with E-state index in [4.69, 9.17) is 4.74 Å². The number of nitrogens with one attached hydrogen (secondary N) is 1. The number of nitrogens with zero attached hydrogens (tertiary/aromatic N) is 1. The van der Waals surface area contributed by atoms with Crippen molar-refractivity contribution in [3.05, 3.63) is 0 Å². The van der Waals surface area contributed by atoms with Crippen molar-refractivity contribution >= 4 is 0 Å². The van der Waals surface area contributed by atoms with Crippen LogP contribution in [0.5, 0.6) is 0 Å². The molecule has 2 saturated heterocycles. The van der Waals surface area contributed by atoms with Crippen molar-refractivity contribution in [1.82, 2.24) is 10.2 Å². The molecule has 2 aliphatic rings. The second-order valence-corrected chi connectivity index (χ2v) is 5.40. The van der Waals surface area contributed by atoms with Crippen LogP contribution in [-0.2, 0) is 4.74 Å². The van der Waals surface area contributed by atoms with E-state index in [0.29, 0.717) is 11.6 Å². The fraction of sp³-hybridized carbons (Fsp3) is 1.00. The highest BCUT2D eigenvalue weighted by atomic mass is 16.5. The van der Waals surface area contributed by atoms with Gasteiger partial charge in [0, 0.05) is 38.3 Å². The Morgan fingerprint density at radius 1 is 1.47 bits per heavy atom. The van der Waals surface area contributed by atoms with E-state index in [-0.39, 0.29) is 0 Å². The Bertz CT molecular complexity index is 200. The summed E-state index contributed by atoms with van der Waals surface area (Å²) in [5, 5.41) is 3.46. The van der Waals surface area contributed by atoms with E-state index >= 15 is 0 Å². The Morgan fingerprint density at radius 2 is 2.33 bits per heavy atom. The van der Waals surface area contributed by atoms with Gasteiger partial charge in [-0.3, -0.25) is 4.90 Å². The molecule has 1 unspecified atom stereocenters. The van der Waals surface area contributed by atoms with E-state index in [0.717, 1.165) is 19.7 Å². The van der Waals surface area contributed by atoms with Crippen LogP contribution in [0.4, 0.5) is 0 Å². The maximum atomic E-state index is 5.67. The Balaban J connectivity index is 1.76. The molecule has 0 saturated carbocycles. The van der Waals surface area contributed by atoms with Gasteiger partial charge in [-0.2, -0.15) is 0 Å². The molecule has 2 rings (SSSR count). The molecule has 1 N–H and O–H groups in total. The highest BCUT2D eigenvalue weighted by Crippen LogP contribution is 2.20. The Hall–Kier alpha value is -0.120. The molecule has 3 heteroatoms. The predicted molar refractivity (Wildman–Crippen MR) is 62.1 cm³/mol. The highest BCUT2D eigenvalue weighted by molar-refractivity contribution is 4.88. The fourth-order valence-electron chi connectivity index (χ4n) is 2.61. The van der Waals surface area contributed by atoms with E-state index in [1.165, 1.54) is 32.4 Å². The lowest BCUT2D eigenvalue weighted by Gasteiger charge is -2.43. The Morgan fingerprint density at radius 3 is 3.00 bits per heavy atom. The van der Waals surface area contributed by atoms with Crippen LogP contribution in [-0.4, -0.2) is 49.3 Å². The van der Waals surface area contributed by atoms with Crippen molar-refractivity contribution in [1.29, 1.82) is 0 Å². The van der Waals surface area contributed by atoms with Gasteiger partial charge in [-0.05, 0) is 33.1 Å². The minimum atomic E-state index is 0.316. The molecular formula is C12H24N2O. The van der Waals surface area contributed by atoms with Crippen LogP contribution in [0.15, 0.2) is 0 Å². The van der Waals surface area contributed by atoms with Crippen LogP contribution in [0.2, 0.25) is 0 Å². The molecule has 3 nitrogen and oxygen atoms in total. The summed E-state index contributed by atoms with van der Waals surface area (Å²) in [4.78, 5) is 2.60. The molecular weight excluding hydrogens is 188 g/mol. The average molecular weight is 212 g/mol. The number of piperazine rings is 1. The summed E-state index contributed by atoms with van der Waals surface area (Å²) in [5.74, 6) is 0. The quantitative estimate of drug-likeness (QED) is 0.762. The Kier molecular flexibility index (Phi) is 3.65. The van der Waals surface area contributed by atoms with Crippen molar-refractivity contribution in [2.45, 2.75) is 44.8 Å². The second kappa shape index (κ2) is 4.81. The minimum Gasteiger partial charge on any atom is -0.378 e. The van der Waals surface area contributed by atoms with Crippen molar-refractivity contribution in [2.24, 2.45) is 0 Å². The van der Waals surface area contributed by atoms with Gasteiger partial charge in [0.25, 0.3) is 0 Å². The molecule has 2 fully saturated rings. The van der Waals surface area contributed by atoms with Crippen molar-refractivity contribution in [3.8, 4) is 0 Å². The standard InChI is InChI=1S/C12H24N2O/c1-12(2)10-13-6-8-14(12)7-5-11-4-3-9-15-11/h11,13H,3-10H2,1-2H3. The number of rotatable bonds is 3. The van der Waals surface area contributed by atoms with E-state index in [1.807, 2.05) is 0 Å². The molecule has 0 aromatic rings. The third-order valence-corrected chi connectivity index (χ3v) is 3.72. The molecule has 15 heavy (non-hydrogen) atoms. The van der Waals surface area contributed by atoms with Crippen LogP contribution in [0.3, 0.4) is 0 Å². The van der Waals surface area contributed by atoms with Crippen LogP contribution in [0.1, 0.15) is 33.1 Å². The first-order valence-corrected chi connectivity index (χ1v) is 6.26. The fourth-order valence-corrected chi connectivity index (χ4v) is 2.61. The van der Waals surface area contributed by atoms with Crippen LogP contribution < -0.4 is 5.32 Å². The first kappa shape index (κ1) is 11.4. The Labute approximate surface area is 93.2 Å². The summed E-state index contributed by atoms with van der Waals surface area (Å²) in [7, 11) is 0. The maximum Gasteiger partial charge on any atom is 0.0588 e. The van der Waals surface area contributed by atoms with E-state index in [2.05, 4.69) is 24.1 Å². The summed E-state index contributed by atoms with van der Waals surface area (Å²) >= 11 is 0. The summed E-state index contributed by atoms with van der Waals surface area (Å²) in [6, 6.07) is 0. The van der Waals surface area contributed by atoms with Gasteiger partial charge in [0.1, 0.15) is 0 Å². The zero-order valence-electron chi connectivity index (χ0n) is 10.1. The smallest absolute Gasteiger partial charge is 0.0588 e. The summed E-state index contributed by atoms with van der Waals surface area (Å²) in [5.41, 5.74) is 0.316. The number of hydrogen-bond donors (Lipinski definition) is 1. The van der Waals surface area contributed by atoms with Crippen LogP contribution in [0.25, 0.3) is 0 Å². The number of ether oxygens (including phenoxy) is 1. The first-order valence-electron chi connectivity index (χ1n) is 6.26. The monoisotopic (exact) mass is 212 g/mol. The lowest BCUT2D eigenvalue weighted by molar-refractivity contribution is 0.0529. The molecule has 0 amide bonds. The van der Waals surface area contributed by atoms with Gasteiger partial charge in [0.05, 0.1) is 6.10 Å². The molecule has 1 atom stereocenters. The molecule has 0 radical (unpaired) electrons. The molecule has 88 valence electrons. The van der Waals surface area contributed by atoms with E-state index < -0.39 is 0 Å². The zero-order chi connectivity index (χ0) is 10.7. The van der Waals surface area contributed by atoms with E-state index in [1.54, 1.807) is 0 Å². The number of hydrogen-bond acceptors (Lipinski definition) is 3. The SMILES string of the molecule is CC1(C)CNCCN1CCC1CCCO1. The van der Waals surface area contributed by atoms with Gasteiger partial charge in [0.2, 0.25) is 0 Å². The molecule has 0 aliphatic carbocycles. The van der Waals surface area contributed by atoms with Crippen molar-refractivity contribution in [3.63, 3.8) is 0 Å². The zero-order valence-corrected chi connectivity index (χ0v) is 10.1. The second-order valence-electron chi connectivity index (χ2n) is 5.40. The third kappa shape index (κ3) is 2.92. The minimum absolute atomic E-state index is 0.316. The van der Waals surface area contributed by atoms with Gasteiger partial charge in [-0.25, -0.2) is 0 Å². The molecule has 2 aliphatic heterocycles. The normalized spacial score (nSPS) is 32.0. The van der Waals surface area contributed by atoms with E-state index in [9.17, 15) is 0 Å². The average Bonchev–Trinajstić information content (AvgIpc) is 2.68.